The molecule has 1 saturated heterocycles. The Kier molecular flexibility index (Phi) is 4.38. The third-order valence-electron chi connectivity index (χ3n) is 4.43. The Morgan fingerprint density at radius 3 is 2.21 bits per heavy atom. The van der Waals surface area contributed by atoms with Crippen LogP contribution in [0.3, 0.4) is 0 Å². The van der Waals surface area contributed by atoms with E-state index >= 15 is 0 Å². The molecule has 124 valence electrons. The molecule has 1 aliphatic heterocycles. The summed E-state index contributed by atoms with van der Waals surface area (Å²) in [4.78, 5) is 26.1. The quantitative estimate of drug-likeness (QED) is 0.929. The predicted octanol–water partition coefficient (Wildman–Crippen LogP) is 3.99. The Bertz CT molecular complexity index is 771. The standard InChI is InChI=1S/C20H22N2O2/c1-13-11-14(2)19(15(3)12-13)21-20(24)16-6-8-17(9-7-16)22-10-4-5-18(22)23/h6-9,11-12H,4-5,10H2,1-3H3,(H,21,24). The van der Waals surface area contributed by atoms with Crippen molar-refractivity contribution >= 4 is 23.2 Å². The molecule has 0 atom stereocenters. The molecule has 4 heteroatoms. The lowest BCUT2D eigenvalue weighted by Gasteiger charge is -2.16. The van der Waals surface area contributed by atoms with E-state index in [0.29, 0.717) is 12.0 Å². The molecule has 0 aromatic heterocycles. The number of aryl methyl sites for hydroxylation is 3. The maximum absolute atomic E-state index is 12.5. The number of benzene rings is 2. The number of rotatable bonds is 3. The predicted molar refractivity (Wildman–Crippen MR) is 96.6 cm³/mol. The largest absolute Gasteiger partial charge is 0.322 e. The molecule has 4 nitrogen and oxygen atoms in total. The summed E-state index contributed by atoms with van der Waals surface area (Å²) >= 11 is 0. The topological polar surface area (TPSA) is 49.4 Å². The number of hydrogen-bond acceptors (Lipinski definition) is 2. The molecule has 0 unspecified atom stereocenters. The number of hydrogen-bond donors (Lipinski definition) is 1. The van der Waals surface area contributed by atoms with Crippen LogP contribution in [0.25, 0.3) is 0 Å². The highest BCUT2D eigenvalue weighted by molar-refractivity contribution is 6.05. The summed E-state index contributed by atoms with van der Waals surface area (Å²) in [7, 11) is 0. The minimum Gasteiger partial charge on any atom is -0.322 e. The summed E-state index contributed by atoms with van der Waals surface area (Å²) in [5.74, 6) is 0.0162. The van der Waals surface area contributed by atoms with Crippen molar-refractivity contribution < 1.29 is 9.59 Å². The molecule has 24 heavy (non-hydrogen) atoms. The number of nitrogens with zero attached hydrogens (tertiary/aromatic N) is 1. The lowest BCUT2D eigenvalue weighted by atomic mass is 10.0. The fourth-order valence-corrected chi connectivity index (χ4v) is 3.28. The van der Waals surface area contributed by atoms with Crippen LogP contribution in [-0.4, -0.2) is 18.4 Å². The minimum atomic E-state index is -0.135. The van der Waals surface area contributed by atoms with Crippen molar-refractivity contribution in [2.24, 2.45) is 0 Å². The molecule has 0 saturated carbocycles. The number of nitrogens with one attached hydrogen (secondary N) is 1. The highest BCUT2D eigenvalue weighted by atomic mass is 16.2. The van der Waals surface area contributed by atoms with Gasteiger partial charge in [0.15, 0.2) is 0 Å². The maximum atomic E-state index is 12.5. The summed E-state index contributed by atoms with van der Waals surface area (Å²) < 4.78 is 0. The van der Waals surface area contributed by atoms with Crippen molar-refractivity contribution in [1.82, 2.24) is 0 Å². The van der Waals surface area contributed by atoms with Crippen LogP contribution in [-0.2, 0) is 4.79 Å². The maximum Gasteiger partial charge on any atom is 0.255 e. The van der Waals surface area contributed by atoms with Gasteiger partial charge in [0, 0.05) is 29.9 Å². The van der Waals surface area contributed by atoms with E-state index in [0.717, 1.165) is 35.5 Å². The zero-order valence-corrected chi connectivity index (χ0v) is 14.3. The Labute approximate surface area is 142 Å². The molecule has 1 heterocycles. The SMILES string of the molecule is Cc1cc(C)c(NC(=O)c2ccc(N3CCCC3=O)cc2)c(C)c1. The first-order valence-electron chi connectivity index (χ1n) is 8.25. The van der Waals surface area contributed by atoms with Gasteiger partial charge in [0.1, 0.15) is 0 Å². The van der Waals surface area contributed by atoms with E-state index in [1.54, 1.807) is 17.0 Å². The average Bonchev–Trinajstić information content (AvgIpc) is 2.97. The molecule has 0 radical (unpaired) electrons. The zero-order chi connectivity index (χ0) is 17.3. The molecule has 2 aromatic rings. The van der Waals surface area contributed by atoms with Gasteiger partial charge < -0.3 is 10.2 Å². The Morgan fingerprint density at radius 2 is 1.67 bits per heavy atom. The van der Waals surface area contributed by atoms with Crippen LogP contribution in [0.15, 0.2) is 36.4 Å². The second-order valence-electron chi connectivity index (χ2n) is 6.42. The highest BCUT2D eigenvalue weighted by Crippen LogP contribution is 2.24. The summed E-state index contributed by atoms with van der Waals surface area (Å²) in [6, 6.07) is 11.3. The van der Waals surface area contributed by atoms with Crippen LogP contribution < -0.4 is 10.2 Å². The van der Waals surface area contributed by atoms with Crippen molar-refractivity contribution in [3.63, 3.8) is 0 Å². The summed E-state index contributed by atoms with van der Waals surface area (Å²) in [5, 5.41) is 3.00. The highest BCUT2D eigenvalue weighted by Gasteiger charge is 2.21. The third-order valence-corrected chi connectivity index (χ3v) is 4.43. The van der Waals surface area contributed by atoms with E-state index in [-0.39, 0.29) is 11.8 Å². The average molecular weight is 322 g/mol. The first-order chi connectivity index (χ1) is 11.5. The van der Waals surface area contributed by atoms with Crippen molar-refractivity contribution in [2.45, 2.75) is 33.6 Å². The summed E-state index contributed by atoms with van der Waals surface area (Å²) in [6.07, 6.45) is 1.50. The van der Waals surface area contributed by atoms with E-state index in [1.165, 1.54) is 5.56 Å². The normalized spacial score (nSPS) is 14.1. The van der Waals surface area contributed by atoms with E-state index in [2.05, 4.69) is 17.4 Å². The van der Waals surface area contributed by atoms with Crippen LogP contribution in [0.2, 0.25) is 0 Å². The minimum absolute atomic E-state index is 0.135. The van der Waals surface area contributed by atoms with E-state index in [4.69, 9.17) is 0 Å². The van der Waals surface area contributed by atoms with Crippen molar-refractivity contribution in [2.75, 3.05) is 16.8 Å². The van der Waals surface area contributed by atoms with Crippen LogP contribution in [0.4, 0.5) is 11.4 Å². The van der Waals surface area contributed by atoms with Crippen LogP contribution in [0, 0.1) is 20.8 Å². The molecule has 1 N–H and O–H groups in total. The Morgan fingerprint density at radius 1 is 1.04 bits per heavy atom. The van der Waals surface area contributed by atoms with Gasteiger partial charge in [-0.3, -0.25) is 9.59 Å². The molecule has 3 rings (SSSR count). The molecular weight excluding hydrogens is 300 g/mol. The van der Waals surface area contributed by atoms with Gasteiger partial charge in [-0.1, -0.05) is 17.7 Å². The first kappa shape index (κ1) is 16.2. The second kappa shape index (κ2) is 6.48. The lowest BCUT2D eigenvalue weighted by Crippen LogP contribution is -2.23. The number of carbonyl (C=O) groups excluding carboxylic acids is 2. The molecular formula is C20H22N2O2. The van der Waals surface area contributed by atoms with Gasteiger partial charge in [-0.25, -0.2) is 0 Å². The molecule has 1 fully saturated rings. The van der Waals surface area contributed by atoms with E-state index in [1.807, 2.05) is 32.9 Å². The first-order valence-corrected chi connectivity index (χ1v) is 8.25. The number of anilines is 2. The molecule has 0 bridgehead atoms. The van der Waals surface area contributed by atoms with Gasteiger partial charge >= 0.3 is 0 Å². The van der Waals surface area contributed by atoms with Crippen molar-refractivity contribution in [1.29, 1.82) is 0 Å². The molecule has 0 spiro atoms. The summed E-state index contributed by atoms with van der Waals surface area (Å²) in [5.41, 5.74) is 5.61. The lowest BCUT2D eigenvalue weighted by molar-refractivity contribution is -0.117. The monoisotopic (exact) mass is 322 g/mol. The van der Waals surface area contributed by atoms with Gasteiger partial charge in [0.25, 0.3) is 5.91 Å². The fraction of sp³-hybridized carbons (Fsp3) is 0.300. The third kappa shape index (κ3) is 3.18. The molecule has 0 aliphatic carbocycles. The van der Waals surface area contributed by atoms with Crippen LogP contribution in [0.5, 0.6) is 0 Å². The smallest absolute Gasteiger partial charge is 0.255 e. The molecule has 2 amide bonds. The van der Waals surface area contributed by atoms with Gasteiger partial charge in [-0.2, -0.15) is 0 Å². The summed E-state index contributed by atoms with van der Waals surface area (Å²) in [6.45, 7) is 6.80. The van der Waals surface area contributed by atoms with Crippen molar-refractivity contribution in [3.8, 4) is 0 Å². The van der Waals surface area contributed by atoms with Gasteiger partial charge in [-0.15, -0.1) is 0 Å². The number of amides is 2. The van der Waals surface area contributed by atoms with E-state index in [9.17, 15) is 9.59 Å². The Hall–Kier alpha value is -2.62. The van der Waals surface area contributed by atoms with Gasteiger partial charge in [0.2, 0.25) is 5.91 Å². The molecule has 2 aromatic carbocycles. The zero-order valence-electron chi connectivity index (χ0n) is 14.3. The number of carbonyl (C=O) groups is 2. The van der Waals surface area contributed by atoms with Crippen LogP contribution in [0.1, 0.15) is 39.9 Å². The molecule has 1 aliphatic rings. The van der Waals surface area contributed by atoms with Gasteiger partial charge in [-0.05, 0) is 62.6 Å². The fourth-order valence-electron chi connectivity index (χ4n) is 3.28. The van der Waals surface area contributed by atoms with Gasteiger partial charge in [0.05, 0.1) is 0 Å². The second-order valence-corrected chi connectivity index (χ2v) is 6.42. The van der Waals surface area contributed by atoms with E-state index < -0.39 is 0 Å². The Balaban J connectivity index is 1.77. The van der Waals surface area contributed by atoms with Crippen molar-refractivity contribution in [3.05, 3.63) is 58.7 Å². The van der Waals surface area contributed by atoms with Crippen LogP contribution >= 0.6 is 0 Å².